The lowest BCUT2D eigenvalue weighted by Crippen LogP contribution is -2.40. The summed E-state index contributed by atoms with van der Waals surface area (Å²) < 4.78 is 5.71. The normalized spacial score (nSPS) is 13.0. The van der Waals surface area contributed by atoms with E-state index in [1.54, 1.807) is 0 Å². The van der Waals surface area contributed by atoms with E-state index in [1.165, 1.54) is 5.56 Å². The van der Waals surface area contributed by atoms with Gasteiger partial charge in [0.15, 0.2) is 0 Å². The van der Waals surface area contributed by atoms with Crippen molar-refractivity contribution in [2.45, 2.75) is 64.6 Å². The summed E-state index contributed by atoms with van der Waals surface area (Å²) in [5.41, 5.74) is 1.79. The van der Waals surface area contributed by atoms with Crippen molar-refractivity contribution in [2.75, 3.05) is 6.61 Å². The topological polar surface area (TPSA) is 42.2 Å². The summed E-state index contributed by atoms with van der Waals surface area (Å²) in [5.74, 6) is 0. The fourth-order valence-corrected chi connectivity index (χ4v) is 2.25. The molecule has 1 aromatic rings. The molecule has 0 saturated heterocycles. The van der Waals surface area contributed by atoms with Gasteiger partial charge >= 0.3 is 0 Å². The van der Waals surface area contributed by atoms with Gasteiger partial charge in [-0.05, 0) is 49.5 Å². The average Bonchev–Trinajstić information content (AvgIpc) is 2.43. The van der Waals surface area contributed by atoms with Crippen LogP contribution in [0.15, 0.2) is 24.3 Å². The van der Waals surface area contributed by atoms with Gasteiger partial charge < -0.3 is 0 Å². The fraction of sp³-hybridized carbons (Fsp3) is 0.611. The van der Waals surface area contributed by atoms with E-state index in [2.05, 4.69) is 52.1 Å². The molecule has 0 aromatic heterocycles. The van der Waals surface area contributed by atoms with Crippen LogP contribution in [0.2, 0.25) is 18.1 Å². The Balaban J connectivity index is 2.49. The molecule has 0 heterocycles. The van der Waals surface area contributed by atoms with Gasteiger partial charge in [0.1, 0.15) is 0 Å². The highest BCUT2D eigenvalue weighted by Crippen LogP contribution is 2.36. The molecule has 0 saturated carbocycles. The summed E-state index contributed by atoms with van der Waals surface area (Å²) in [7, 11) is -1.84. The Morgan fingerprint density at radius 1 is 1.05 bits per heavy atom. The Kier molecular flexibility index (Phi) is 5.97. The molecule has 0 aliphatic rings. The third-order valence-corrected chi connectivity index (χ3v) is 8.65. The molecule has 22 heavy (non-hydrogen) atoms. The minimum Gasteiger partial charge on any atom is -0.286 e. The molecule has 1 rings (SSSR count). The first-order valence-corrected chi connectivity index (χ1v) is 10.7. The second-order valence-corrected chi connectivity index (χ2v) is 12.5. The van der Waals surface area contributed by atoms with E-state index in [9.17, 15) is 0 Å². The first-order chi connectivity index (χ1) is 9.99. The van der Waals surface area contributed by atoms with Crippen molar-refractivity contribution in [3.63, 3.8) is 0 Å². The van der Waals surface area contributed by atoms with Gasteiger partial charge in [0.05, 0.1) is 18.1 Å². The molecule has 0 bridgehead atoms. The van der Waals surface area contributed by atoms with Crippen LogP contribution in [-0.2, 0) is 21.3 Å². The zero-order valence-corrected chi connectivity index (χ0v) is 16.0. The lowest BCUT2D eigenvalue weighted by molar-refractivity contribution is -0.220. The van der Waals surface area contributed by atoms with E-state index in [4.69, 9.17) is 14.7 Å². The maximum Gasteiger partial charge on any atom is 0.238 e. The zero-order valence-electron chi connectivity index (χ0n) is 15.0. The van der Waals surface area contributed by atoms with Crippen molar-refractivity contribution in [2.24, 2.45) is 0 Å². The molecule has 0 N–H and O–H groups in total. The van der Waals surface area contributed by atoms with Crippen LogP contribution >= 0.6 is 0 Å². The van der Waals surface area contributed by atoms with Gasteiger partial charge in [-0.3, -0.25) is 4.58 Å². The summed E-state index contributed by atoms with van der Waals surface area (Å²) in [6.07, 6.45) is 0.807. The molecule has 0 radical (unpaired) electrons. The lowest BCUT2D eigenvalue weighted by Gasteiger charge is -2.34. The smallest absolute Gasteiger partial charge is 0.238 e. The second kappa shape index (κ2) is 6.95. The van der Waals surface area contributed by atoms with Gasteiger partial charge in [-0.15, -0.1) is 0 Å². The minimum absolute atomic E-state index is 0.150. The van der Waals surface area contributed by atoms with Gasteiger partial charge in [0.25, 0.3) is 0 Å². The van der Waals surface area contributed by atoms with Crippen molar-refractivity contribution >= 4 is 8.32 Å². The third kappa shape index (κ3) is 4.94. The second-order valence-electron chi connectivity index (χ2n) is 7.85. The van der Waals surface area contributed by atoms with Crippen LogP contribution in [0.25, 0.3) is 0 Å². The number of nitrogens with zero attached hydrogens (tertiary/aromatic N) is 1. The summed E-state index contributed by atoms with van der Waals surface area (Å²) in [5, 5.41) is 9.30. The molecule has 0 fully saturated rings. The number of benzene rings is 1. The maximum atomic E-state index is 9.15. The van der Waals surface area contributed by atoms with Crippen LogP contribution in [0.3, 0.4) is 0 Å². The predicted molar refractivity (Wildman–Crippen MR) is 93.0 cm³/mol. The third-order valence-electron chi connectivity index (χ3n) is 4.50. The molecule has 0 amide bonds. The van der Waals surface area contributed by atoms with Crippen LogP contribution in [-0.4, -0.2) is 14.9 Å². The average molecular weight is 320 g/mol. The number of rotatable bonds is 6. The van der Waals surface area contributed by atoms with E-state index in [0.717, 1.165) is 12.0 Å². The van der Waals surface area contributed by atoms with Crippen molar-refractivity contribution in [3.8, 4) is 6.07 Å². The Hall–Kier alpha value is -1.15. The summed E-state index contributed by atoms with van der Waals surface area (Å²) in [4.78, 5) is 5.46. The SMILES string of the molecule is CC(C)(C#N)c1ccc(CCOO[Si](C)(C)C(C)(C)C)cc1. The first kappa shape index (κ1) is 18.9. The maximum absolute atomic E-state index is 9.15. The first-order valence-electron chi connectivity index (χ1n) is 7.81. The van der Waals surface area contributed by atoms with Gasteiger partial charge in [-0.2, -0.15) is 5.26 Å². The summed E-state index contributed by atoms with van der Waals surface area (Å²) in [6, 6.07) is 10.5. The van der Waals surface area contributed by atoms with E-state index in [1.807, 2.05) is 26.0 Å². The Morgan fingerprint density at radius 3 is 2.05 bits per heavy atom. The monoisotopic (exact) mass is 319 g/mol. The Labute approximate surface area is 136 Å². The molecule has 0 aliphatic carbocycles. The summed E-state index contributed by atoms with van der Waals surface area (Å²) in [6.45, 7) is 15.3. The molecule has 1 aromatic carbocycles. The number of hydrogen-bond acceptors (Lipinski definition) is 3. The van der Waals surface area contributed by atoms with E-state index in [0.29, 0.717) is 6.61 Å². The van der Waals surface area contributed by atoms with Gasteiger partial charge in [0.2, 0.25) is 8.32 Å². The number of nitriles is 1. The van der Waals surface area contributed by atoms with E-state index in [-0.39, 0.29) is 5.04 Å². The molecule has 122 valence electrons. The van der Waals surface area contributed by atoms with Crippen LogP contribution < -0.4 is 0 Å². The van der Waals surface area contributed by atoms with Gasteiger partial charge in [-0.25, -0.2) is 4.89 Å². The van der Waals surface area contributed by atoms with Crippen molar-refractivity contribution in [3.05, 3.63) is 35.4 Å². The zero-order chi connectivity index (χ0) is 17.0. The quantitative estimate of drug-likeness (QED) is 0.321. The molecule has 0 unspecified atom stereocenters. The van der Waals surface area contributed by atoms with Crippen LogP contribution in [0, 0.1) is 11.3 Å². The van der Waals surface area contributed by atoms with Crippen molar-refractivity contribution < 1.29 is 9.46 Å². The van der Waals surface area contributed by atoms with Crippen LogP contribution in [0.4, 0.5) is 0 Å². The molecular weight excluding hydrogens is 290 g/mol. The molecule has 0 aliphatic heterocycles. The van der Waals surface area contributed by atoms with Crippen LogP contribution in [0.5, 0.6) is 0 Å². The Bertz CT molecular complexity index is 522. The largest absolute Gasteiger partial charge is 0.286 e. The molecule has 0 atom stereocenters. The van der Waals surface area contributed by atoms with Crippen molar-refractivity contribution in [1.29, 1.82) is 5.26 Å². The van der Waals surface area contributed by atoms with Crippen molar-refractivity contribution in [1.82, 2.24) is 0 Å². The minimum atomic E-state index is -1.84. The van der Waals surface area contributed by atoms with Gasteiger partial charge in [-0.1, -0.05) is 45.0 Å². The van der Waals surface area contributed by atoms with E-state index >= 15 is 0 Å². The molecule has 0 spiro atoms. The molecule has 4 heteroatoms. The lowest BCUT2D eigenvalue weighted by atomic mass is 9.86. The molecule has 3 nitrogen and oxygen atoms in total. The summed E-state index contributed by atoms with van der Waals surface area (Å²) >= 11 is 0. The predicted octanol–water partition coefficient (Wildman–Crippen LogP) is 4.98. The van der Waals surface area contributed by atoms with Gasteiger partial charge in [0, 0.05) is 0 Å². The Morgan fingerprint density at radius 2 is 1.59 bits per heavy atom. The fourth-order valence-electron chi connectivity index (χ4n) is 1.63. The molecular formula is C18H29NO2Si. The van der Waals surface area contributed by atoms with E-state index < -0.39 is 13.7 Å². The standard InChI is InChI=1S/C18H29NO2Si/c1-17(2,3)22(6,7)21-20-13-12-15-8-10-16(11-9-15)18(4,5)14-19/h8-11H,12-13H2,1-7H3. The highest BCUT2D eigenvalue weighted by Gasteiger charge is 2.38. The highest BCUT2D eigenvalue weighted by atomic mass is 28.4. The van der Waals surface area contributed by atoms with Crippen LogP contribution in [0.1, 0.15) is 45.7 Å². The number of hydrogen-bond donors (Lipinski definition) is 0. The highest BCUT2D eigenvalue weighted by molar-refractivity contribution is 6.73.